The summed E-state index contributed by atoms with van der Waals surface area (Å²) in [6.45, 7) is 7.33. The van der Waals surface area contributed by atoms with E-state index in [-0.39, 0.29) is 11.3 Å². The summed E-state index contributed by atoms with van der Waals surface area (Å²) in [5.74, 6) is 0.893. The van der Waals surface area contributed by atoms with E-state index in [9.17, 15) is 4.79 Å². The van der Waals surface area contributed by atoms with Crippen molar-refractivity contribution in [3.8, 4) is 0 Å². The molecular weight excluding hydrogens is 286 g/mol. The SMILES string of the molecule is CCCNC(=O)CCn1c(C(C)Cl)nc2cccc(C)c21. The van der Waals surface area contributed by atoms with E-state index in [0.29, 0.717) is 13.0 Å². The summed E-state index contributed by atoms with van der Waals surface area (Å²) < 4.78 is 2.08. The first kappa shape index (κ1) is 15.8. The Kier molecular flexibility index (Phi) is 5.23. The predicted molar refractivity (Wildman–Crippen MR) is 86.7 cm³/mol. The van der Waals surface area contributed by atoms with E-state index < -0.39 is 0 Å². The molecule has 0 radical (unpaired) electrons. The minimum atomic E-state index is -0.185. The van der Waals surface area contributed by atoms with Gasteiger partial charge in [-0.15, -0.1) is 11.6 Å². The van der Waals surface area contributed by atoms with Crippen LogP contribution in [0.5, 0.6) is 0 Å². The second-order valence-corrected chi connectivity index (χ2v) is 5.93. The number of nitrogens with zero attached hydrogens (tertiary/aromatic N) is 2. The maximum Gasteiger partial charge on any atom is 0.221 e. The summed E-state index contributed by atoms with van der Waals surface area (Å²) in [7, 11) is 0. The molecule has 1 N–H and O–H groups in total. The highest BCUT2D eigenvalue weighted by atomic mass is 35.5. The summed E-state index contributed by atoms with van der Waals surface area (Å²) in [6.07, 6.45) is 1.39. The number of benzene rings is 1. The highest BCUT2D eigenvalue weighted by molar-refractivity contribution is 6.20. The molecule has 1 aromatic carbocycles. The number of aromatic nitrogens is 2. The largest absolute Gasteiger partial charge is 0.356 e. The highest BCUT2D eigenvalue weighted by Crippen LogP contribution is 2.26. The monoisotopic (exact) mass is 307 g/mol. The van der Waals surface area contributed by atoms with Crippen molar-refractivity contribution in [3.63, 3.8) is 0 Å². The van der Waals surface area contributed by atoms with E-state index in [1.54, 1.807) is 0 Å². The molecule has 0 bridgehead atoms. The van der Waals surface area contributed by atoms with E-state index in [1.165, 1.54) is 0 Å². The van der Waals surface area contributed by atoms with Gasteiger partial charge in [0.15, 0.2) is 0 Å². The molecule has 0 aliphatic rings. The van der Waals surface area contributed by atoms with E-state index in [4.69, 9.17) is 11.6 Å². The van der Waals surface area contributed by atoms with Crippen LogP contribution in [-0.4, -0.2) is 22.0 Å². The molecule has 0 aliphatic heterocycles. The minimum Gasteiger partial charge on any atom is -0.356 e. The molecule has 114 valence electrons. The van der Waals surface area contributed by atoms with Crippen LogP contribution < -0.4 is 5.32 Å². The summed E-state index contributed by atoms with van der Waals surface area (Å²) >= 11 is 6.25. The molecule has 0 aliphatic carbocycles. The molecule has 0 spiro atoms. The Labute approximate surface area is 130 Å². The van der Waals surface area contributed by atoms with E-state index in [2.05, 4.69) is 27.9 Å². The topological polar surface area (TPSA) is 46.9 Å². The zero-order valence-electron chi connectivity index (χ0n) is 12.8. The summed E-state index contributed by atoms with van der Waals surface area (Å²) in [4.78, 5) is 16.4. The number of imidazole rings is 1. The van der Waals surface area contributed by atoms with Gasteiger partial charge in [-0.25, -0.2) is 4.98 Å². The molecule has 2 rings (SSSR count). The number of aryl methyl sites for hydroxylation is 2. The van der Waals surface area contributed by atoms with Crippen LogP contribution in [0.3, 0.4) is 0 Å². The Balaban J connectivity index is 2.28. The number of carbonyl (C=O) groups is 1. The smallest absolute Gasteiger partial charge is 0.221 e. The lowest BCUT2D eigenvalue weighted by molar-refractivity contribution is -0.121. The first-order chi connectivity index (χ1) is 10.0. The zero-order valence-corrected chi connectivity index (χ0v) is 13.6. The second-order valence-electron chi connectivity index (χ2n) is 5.28. The number of nitrogens with one attached hydrogen (secondary N) is 1. The van der Waals surface area contributed by atoms with E-state index in [0.717, 1.165) is 35.4 Å². The van der Waals surface area contributed by atoms with Crippen molar-refractivity contribution in [2.45, 2.75) is 45.5 Å². The van der Waals surface area contributed by atoms with Crippen molar-refractivity contribution < 1.29 is 4.79 Å². The van der Waals surface area contributed by atoms with Gasteiger partial charge in [0.2, 0.25) is 5.91 Å². The standard InChI is InChI=1S/C16H22ClN3O/c1-4-9-18-14(21)8-10-20-15-11(2)6-5-7-13(15)19-16(20)12(3)17/h5-7,12H,4,8-10H2,1-3H3,(H,18,21). The highest BCUT2D eigenvalue weighted by Gasteiger charge is 2.16. The Bertz CT molecular complexity index is 634. The molecule has 1 amide bonds. The van der Waals surface area contributed by atoms with Crippen molar-refractivity contribution in [2.24, 2.45) is 0 Å². The van der Waals surface area contributed by atoms with Crippen LogP contribution in [0, 0.1) is 6.92 Å². The van der Waals surface area contributed by atoms with Crippen LogP contribution in [0.4, 0.5) is 0 Å². The molecule has 0 saturated carbocycles. The summed E-state index contributed by atoms with van der Waals surface area (Å²) in [5, 5.41) is 2.72. The third kappa shape index (κ3) is 3.56. The molecule has 4 nitrogen and oxygen atoms in total. The van der Waals surface area contributed by atoms with Gasteiger partial charge in [0.1, 0.15) is 5.82 Å². The van der Waals surface area contributed by atoms with Gasteiger partial charge < -0.3 is 9.88 Å². The number of hydrogen-bond acceptors (Lipinski definition) is 2. The first-order valence-electron chi connectivity index (χ1n) is 7.41. The van der Waals surface area contributed by atoms with Gasteiger partial charge in [0.05, 0.1) is 16.4 Å². The van der Waals surface area contributed by atoms with E-state index >= 15 is 0 Å². The van der Waals surface area contributed by atoms with Gasteiger partial charge in [0, 0.05) is 19.5 Å². The summed E-state index contributed by atoms with van der Waals surface area (Å²) in [5.41, 5.74) is 3.16. The molecule has 2 aromatic rings. The average Bonchev–Trinajstić information content (AvgIpc) is 2.83. The lowest BCUT2D eigenvalue weighted by atomic mass is 10.2. The first-order valence-corrected chi connectivity index (χ1v) is 7.84. The Morgan fingerprint density at radius 1 is 1.48 bits per heavy atom. The molecule has 1 unspecified atom stereocenters. The van der Waals surface area contributed by atoms with Crippen LogP contribution in [0.15, 0.2) is 18.2 Å². The molecule has 21 heavy (non-hydrogen) atoms. The fourth-order valence-electron chi connectivity index (χ4n) is 2.48. The van der Waals surface area contributed by atoms with Crippen molar-refractivity contribution in [1.29, 1.82) is 0 Å². The Hall–Kier alpha value is -1.55. The van der Waals surface area contributed by atoms with Crippen LogP contribution in [0.25, 0.3) is 11.0 Å². The number of amides is 1. The summed E-state index contributed by atoms with van der Waals surface area (Å²) in [6, 6.07) is 6.03. The Morgan fingerprint density at radius 2 is 2.24 bits per heavy atom. The van der Waals surface area contributed by atoms with Crippen molar-refractivity contribution in [1.82, 2.24) is 14.9 Å². The van der Waals surface area contributed by atoms with Gasteiger partial charge in [-0.05, 0) is 31.9 Å². The quantitative estimate of drug-likeness (QED) is 0.829. The van der Waals surface area contributed by atoms with Gasteiger partial charge in [-0.2, -0.15) is 0 Å². The molecule has 0 saturated heterocycles. The maximum atomic E-state index is 11.8. The number of rotatable bonds is 6. The number of alkyl halides is 1. The number of fused-ring (bicyclic) bond motifs is 1. The number of carbonyl (C=O) groups excluding carboxylic acids is 1. The number of halogens is 1. The van der Waals surface area contributed by atoms with Crippen molar-refractivity contribution in [3.05, 3.63) is 29.6 Å². The average molecular weight is 308 g/mol. The van der Waals surface area contributed by atoms with Crippen LogP contribution in [-0.2, 0) is 11.3 Å². The third-order valence-electron chi connectivity index (χ3n) is 3.49. The van der Waals surface area contributed by atoms with Crippen molar-refractivity contribution >= 4 is 28.5 Å². The molecule has 0 fully saturated rings. The van der Waals surface area contributed by atoms with Crippen LogP contribution >= 0.6 is 11.6 Å². The third-order valence-corrected chi connectivity index (χ3v) is 3.68. The molecular formula is C16H22ClN3O. The fraction of sp³-hybridized carbons (Fsp3) is 0.500. The maximum absolute atomic E-state index is 11.8. The van der Waals surface area contributed by atoms with Gasteiger partial charge in [-0.3, -0.25) is 4.79 Å². The second kappa shape index (κ2) is 6.94. The van der Waals surface area contributed by atoms with E-state index in [1.807, 2.05) is 26.0 Å². The molecule has 1 atom stereocenters. The zero-order chi connectivity index (χ0) is 15.4. The number of hydrogen-bond donors (Lipinski definition) is 1. The fourth-order valence-corrected chi connectivity index (χ4v) is 2.65. The molecule has 1 aromatic heterocycles. The van der Waals surface area contributed by atoms with Gasteiger partial charge >= 0.3 is 0 Å². The lowest BCUT2D eigenvalue weighted by Crippen LogP contribution is -2.25. The van der Waals surface area contributed by atoms with Crippen LogP contribution in [0.1, 0.15) is 43.5 Å². The Morgan fingerprint density at radius 3 is 2.90 bits per heavy atom. The van der Waals surface area contributed by atoms with Crippen molar-refractivity contribution in [2.75, 3.05) is 6.54 Å². The lowest BCUT2D eigenvalue weighted by Gasteiger charge is -2.11. The molecule has 1 heterocycles. The minimum absolute atomic E-state index is 0.0699. The number of para-hydroxylation sites is 1. The van der Waals surface area contributed by atoms with Crippen LogP contribution in [0.2, 0.25) is 0 Å². The predicted octanol–water partition coefficient (Wildman–Crippen LogP) is 3.56. The molecule has 5 heteroatoms. The van der Waals surface area contributed by atoms with Gasteiger partial charge in [0.25, 0.3) is 0 Å². The van der Waals surface area contributed by atoms with Gasteiger partial charge in [-0.1, -0.05) is 19.1 Å². The normalized spacial score (nSPS) is 12.6.